The minimum Gasteiger partial charge on any atom is -0.479 e. The second-order valence-corrected chi connectivity index (χ2v) is 20.2. The van der Waals surface area contributed by atoms with Crippen LogP contribution in [-0.2, 0) is 42.9 Å². The van der Waals surface area contributed by atoms with Gasteiger partial charge in [0.15, 0.2) is 24.6 Å². The van der Waals surface area contributed by atoms with E-state index in [-0.39, 0.29) is 25.9 Å². The summed E-state index contributed by atoms with van der Waals surface area (Å²) in [6, 6.07) is 0. The summed E-state index contributed by atoms with van der Waals surface area (Å²) in [5.41, 5.74) is 0. The molecule has 77 heavy (non-hydrogen) atoms. The Kier molecular flexibility index (Phi) is 48.0. The molecule has 0 aromatic carbocycles. The zero-order valence-electron chi connectivity index (χ0n) is 48.2. The Bertz CT molecular complexity index is 1710. The lowest BCUT2D eigenvalue weighted by atomic mass is 9.98. The van der Waals surface area contributed by atoms with Crippen LogP contribution in [-0.4, -0.2) is 89.2 Å². The highest BCUT2D eigenvalue weighted by Gasteiger charge is 2.50. The average Bonchev–Trinajstić information content (AvgIpc) is 3.42. The van der Waals surface area contributed by atoms with E-state index in [0.717, 1.165) is 154 Å². The summed E-state index contributed by atoms with van der Waals surface area (Å²) in [6.45, 7) is 5.72. The van der Waals surface area contributed by atoms with Gasteiger partial charge in [0.2, 0.25) is 0 Å². The summed E-state index contributed by atoms with van der Waals surface area (Å²) >= 11 is 0. The van der Waals surface area contributed by atoms with Crippen LogP contribution in [0.1, 0.15) is 239 Å². The number of carboxylic acid groups (broad SMARTS) is 1. The molecule has 438 valence electrons. The number of carboxylic acids is 1. The van der Waals surface area contributed by atoms with Crippen LogP contribution < -0.4 is 0 Å². The minimum absolute atomic E-state index is 0.0431. The van der Waals surface area contributed by atoms with E-state index in [1.165, 1.54) is 25.7 Å². The van der Waals surface area contributed by atoms with E-state index in [9.17, 15) is 34.5 Å². The first kappa shape index (κ1) is 70.7. The molecule has 12 heteroatoms. The van der Waals surface area contributed by atoms with Gasteiger partial charge in [-0.2, -0.15) is 0 Å². The number of aliphatic hydroxyl groups excluding tert-OH is 2. The van der Waals surface area contributed by atoms with Crippen molar-refractivity contribution in [1.29, 1.82) is 0 Å². The first-order valence-corrected chi connectivity index (χ1v) is 30.2. The zero-order chi connectivity index (χ0) is 56.1. The maximum Gasteiger partial charge on any atom is 0.335 e. The number of hydrogen-bond donors (Lipinski definition) is 3. The summed E-state index contributed by atoms with van der Waals surface area (Å²) < 4.78 is 28.4. The number of carbonyl (C=O) groups is 4. The molecule has 3 N–H and O–H groups in total. The molecular formula is C65H106O12. The summed E-state index contributed by atoms with van der Waals surface area (Å²) in [5.74, 6) is -3.18. The fraction of sp³-hybridized carbons (Fsp3) is 0.692. The molecule has 0 aromatic rings. The fourth-order valence-electron chi connectivity index (χ4n) is 8.54. The Balaban J connectivity index is 2.70. The maximum absolute atomic E-state index is 13.2. The van der Waals surface area contributed by atoms with Gasteiger partial charge in [0.05, 0.1) is 6.61 Å². The van der Waals surface area contributed by atoms with Gasteiger partial charge in [-0.1, -0.05) is 201 Å². The molecule has 0 aromatic heterocycles. The lowest BCUT2D eigenvalue weighted by molar-refractivity contribution is -0.301. The van der Waals surface area contributed by atoms with E-state index < -0.39 is 67.3 Å². The van der Waals surface area contributed by atoms with Gasteiger partial charge in [-0.25, -0.2) is 4.79 Å². The van der Waals surface area contributed by atoms with Crippen LogP contribution in [0.4, 0.5) is 0 Å². The van der Waals surface area contributed by atoms with E-state index >= 15 is 0 Å². The Morgan fingerprint density at radius 1 is 0.442 bits per heavy atom. The zero-order valence-corrected chi connectivity index (χ0v) is 48.2. The number of ether oxygens (including phenoxy) is 5. The normalized spacial score (nSPS) is 18.7. The van der Waals surface area contributed by atoms with Crippen molar-refractivity contribution in [3.8, 4) is 0 Å². The summed E-state index contributed by atoms with van der Waals surface area (Å²) in [5, 5.41) is 31.5. The lowest BCUT2D eigenvalue weighted by Crippen LogP contribution is -2.61. The standard InChI is InChI=1S/C65H106O12/c1-4-7-10-13-16-19-22-25-27-28-29-30-32-34-36-39-42-45-48-51-57(66)73-54-56(75-58(67)52-49-46-43-40-38-35-31-26-23-20-17-14-11-8-5-2)55-74-65-63(61(70)60(69)62(77-65)64(71)72)76-59(68)53-50-47-44-41-37-33-24-21-18-15-12-9-6-3/h7-8,10-11,16-17,19-21,24-27,29-31,56,60-63,65,69-70H,4-6,9,12-15,18,22-23,28,32-55H2,1-3H3,(H,71,72)/b10-7-,11-8-,19-16-,20-17-,24-21-,27-25-,30-29-,31-26-. The fourth-order valence-corrected chi connectivity index (χ4v) is 8.54. The van der Waals surface area contributed by atoms with E-state index in [0.29, 0.717) is 19.3 Å². The number of aliphatic carboxylic acids is 1. The third-order valence-electron chi connectivity index (χ3n) is 13.1. The molecule has 0 aliphatic carbocycles. The number of allylic oxidation sites excluding steroid dienone is 16. The summed E-state index contributed by atoms with van der Waals surface area (Å²) in [6.07, 6.45) is 56.6. The lowest BCUT2D eigenvalue weighted by Gasteiger charge is -2.40. The average molecular weight is 1080 g/mol. The van der Waals surface area contributed by atoms with Gasteiger partial charge in [-0.05, 0) is 116 Å². The van der Waals surface area contributed by atoms with Gasteiger partial charge in [0, 0.05) is 19.3 Å². The number of unbranched alkanes of at least 4 members (excludes halogenated alkanes) is 20. The highest BCUT2D eigenvalue weighted by Crippen LogP contribution is 2.26. The Hall–Kier alpha value is -4.36. The molecule has 0 saturated carbocycles. The van der Waals surface area contributed by atoms with Crippen LogP contribution in [0.3, 0.4) is 0 Å². The topological polar surface area (TPSA) is 175 Å². The first-order valence-electron chi connectivity index (χ1n) is 30.2. The van der Waals surface area contributed by atoms with Gasteiger partial charge in [-0.15, -0.1) is 0 Å². The molecule has 0 radical (unpaired) electrons. The SMILES string of the molecule is CC/C=C\C/C=C\C/C=C\C/C=C\CCCCCCCCC(=O)OCC(COC1OC(C(=O)O)C(O)C(O)C1OC(=O)CCCCCCC/C=C\CCCCCC)OC(=O)CCCCCCC/C=C\C/C=C\C/C=C\CC. The molecule has 12 nitrogen and oxygen atoms in total. The van der Waals surface area contributed by atoms with Crippen molar-refractivity contribution in [3.05, 3.63) is 97.2 Å². The monoisotopic (exact) mass is 1080 g/mol. The van der Waals surface area contributed by atoms with Crippen molar-refractivity contribution < 1.29 is 58.2 Å². The van der Waals surface area contributed by atoms with Gasteiger partial charge in [0.25, 0.3) is 0 Å². The van der Waals surface area contributed by atoms with Crippen LogP contribution in [0.15, 0.2) is 97.2 Å². The number of rotatable bonds is 50. The molecule has 0 amide bonds. The molecule has 6 atom stereocenters. The summed E-state index contributed by atoms with van der Waals surface area (Å²) in [4.78, 5) is 51.2. The van der Waals surface area contributed by atoms with Gasteiger partial charge >= 0.3 is 23.9 Å². The van der Waals surface area contributed by atoms with Crippen molar-refractivity contribution in [2.45, 2.75) is 276 Å². The van der Waals surface area contributed by atoms with Crippen LogP contribution in [0, 0.1) is 0 Å². The van der Waals surface area contributed by atoms with Crippen LogP contribution >= 0.6 is 0 Å². The van der Waals surface area contributed by atoms with Crippen LogP contribution in [0.2, 0.25) is 0 Å². The molecule has 0 bridgehead atoms. The van der Waals surface area contributed by atoms with E-state index in [1.807, 2.05) is 0 Å². The van der Waals surface area contributed by atoms with Crippen molar-refractivity contribution in [2.24, 2.45) is 0 Å². The van der Waals surface area contributed by atoms with Gasteiger partial charge in [-0.3, -0.25) is 14.4 Å². The molecule has 1 fully saturated rings. The minimum atomic E-state index is -1.91. The van der Waals surface area contributed by atoms with E-state index in [2.05, 4.69) is 118 Å². The number of carbonyl (C=O) groups excluding carboxylic acids is 3. The van der Waals surface area contributed by atoms with E-state index in [1.54, 1.807) is 0 Å². The molecule has 1 saturated heterocycles. The molecule has 1 heterocycles. The van der Waals surface area contributed by atoms with Gasteiger partial charge < -0.3 is 39.0 Å². The highest BCUT2D eigenvalue weighted by molar-refractivity contribution is 5.74. The highest BCUT2D eigenvalue weighted by atomic mass is 16.7. The third-order valence-corrected chi connectivity index (χ3v) is 13.1. The predicted molar refractivity (Wildman–Crippen MR) is 312 cm³/mol. The Labute approximate surface area is 466 Å². The predicted octanol–water partition coefficient (Wildman–Crippen LogP) is 15.7. The molecule has 1 rings (SSSR count). The molecule has 0 spiro atoms. The number of aliphatic hydroxyl groups is 2. The van der Waals surface area contributed by atoms with Crippen molar-refractivity contribution >= 4 is 23.9 Å². The third kappa shape index (κ3) is 42.3. The quantitative estimate of drug-likeness (QED) is 0.0228. The van der Waals surface area contributed by atoms with Crippen LogP contribution in [0.5, 0.6) is 0 Å². The van der Waals surface area contributed by atoms with Crippen LogP contribution in [0.25, 0.3) is 0 Å². The first-order chi connectivity index (χ1) is 37.6. The van der Waals surface area contributed by atoms with Crippen molar-refractivity contribution in [1.82, 2.24) is 0 Å². The van der Waals surface area contributed by atoms with Gasteiger partial charge in [0.1, 0.15) is 18.8 Å². The largest absolute Gasteiger partial charge is 0.479 e. The Morgan fingerprint density at radius 3 is 1.26 bits per heavy atom. The maximum atomic E-state index is 13.2. The second-order valence-electron chi connectivity index (χ2n) is 20.2. The molecule has 1 aliphatic rings. The molecule has 1 aliphatic heterocycles. The smallest absolute Gasteiger partial charge is 0.335 e. The number of hydrogen-bond acceptors (Lipinski definition) is 11. The summed E-state index contributed by atoms with van der Waals surface area (Å²) in [7, 11) is 0. The number of esters is 3. The van der Waals surface area contributed by atoms with E-state index in [4.69, 9.17) is 23.7 Å². The Morgan fingerprint density at radius 2 is 0.818 bits per heavy atom. The van der Waals surface area contributed by atoms with Crippen molar-refractivity contribution in [3.63, 3.8) is 0 Å². The molecule has 6 unspecified atom stereocenters. The second kappa shape index (κ2) is 52.3. The molecular weight excluding hydrogens is 973 g/mol. The van der Waals surface area contributed by atoms with Crippen molar-refractivity contribution in [2.75, 3.05) is 13.2 Å².